The molecule has 118 valence electrons. The molecule has 2 N–H and O–H groups in total. The molecule has 6 heteroatoms. The van der Waals surface area contributed by atoms with Crippen LogP contribution in [0.3, 0.4) is 0 Å². The number of hydrogen-bond donors (Lipinski definition) is 2. The Balaban J connectivity index is 2.17. The molecular formula is C16H20FN3O2. The molecule has 5 nitrogen and oxygen atoms in total. The van der Waals surface area contributed by atoms with Crippen LogP contribution in [0.2, 0.25) is 0 Å². The van der Waals surface area contributed by atoms with Gasteiger partial charge in [0.1, 0.15) is 11.5 Å². The Kier molecular flexibility index (Phi) is 4.92. The molecule has 0 radical (unpaired) electrons. The Bertz CT molecular complexity index is 650. The van der Waals surface area contributed by atoms with Crippen LogP contribution in [0.4, 0.5) is 4.39 Å². The van der Waals surface area contributed by atoms with Crippen molar-refractivity contribution in [1.82, 2.24) is 15.1 Å². The number of aliphatic hydroxyl groups excluding tert-OH is 1. The maximum Gasteiger partial charge on any atom is 0.270 e. The maximum absolute atomic E-state index is 13.0. The van der Waals surface area contributed by atoms with Crippen LogP contribution in [0, 0.1) is 5.82 Å². The third-order valence-corrected chi connectivity index (χ3v) is 3.48. The summed E-state index contributed by atoms with van der Waals surface area (Å²) < 4.78 is 14.5. The molecule has 0 unspecified atom stereocenters. The summed E-state index contributed by atoms with van der Waals surface area (Å²) >= 11 is 0. The Morgan fingerprint density at radius 3 is 2.50 bits per heavy atom. The predicted molar refractivity (Wildman–Crippen MR) is 81.0 cm³/mol. The summed E-state index contributed by atoms with van der Waals surface area (Å²) in [4.78, 5) is 12.4. The topological polar surface area (TPSA) is 67.2 Å². The van der Waals surface area contributed by atoms with Gasteiger partial charge >= 0.3 is 0 Å². The van der Waals surface area contributed by atoms with Crippen LogP contribution < -0.4 is 5.32 Å². The lowest BCUT2D eigenvalue weighted by Gasteiger charge is -2.16. The monoisotopic (exact) mass is 305 g/mol. The summed E-state index contributed by atoms with van der Waals surface area (Å²) in [6, 6.07) is 6.82. The van der Waals surface area contributed by atoms with Crippen molar-refractivity contribution >= 4 is 5.91 Å². The number of aromatic nitrogens is 2. The highest BCUT2D eigenvalue weighted by molar-refractivity contribution is 5.93. The molecule has 0 spiro atoms. The first-order chi connectivity index (χ1) is 10.4. The fourth-order valence-corrected chi connectivity index (χ4v) is 2.15. The lowest BCUT2D eigenvalue weighted by molar-refractivity contribution is 0.0906. The molecule has 22 heavy (non-hydrogen) atoms. The zero-order valence-electron chi connectivity index (χ0n) is 12.9. The molecule has 0 aliphatic heterocycles. The lowest BCUT2D eigenvalue weighted by atomic mass is 10.1. The average molecular weight is 305 g/mol. The van der Waals surface area contributed by atoms with Crippen molar-refractivity contribution in [3.05, 3.63) is 53.1 Å². The van der Waals surface area contributed by atoms with Crippen molar-refractivity contribution in [2.45, 2.75) is 25.8 Å². The summed E-state index contributed by atoms with van der Waals surface area (Å²) in [5.41, 5.74) is 1.89. The van der Waals surface area contributed by atoms with Crippen LogP contribution >= 0.6 is 0 Å². The summed E-state index contributed by atoms with van der Waals surface area (Å²) in [6.45, 7) is 3.73. The standard InChI is InChI=1S/C16H20FN3O2/c1-10(2)13-8-15(20(3)19-13)16(22)18-14(9-21)11-4-6-12(17)7-5-11/h4-8,10,14,21H,9H2,1-3H3,(H,18,22)/t14-/m0/s1. The number of nitrogens with one attached hydrogen (secondary N) is 1. The van der Waals surface area contributed by atoms with Crippen LogP contribution in [0.1, 0.15) is 47.6 Å². The SMILES string of the molecule is CC(C)c1cc(C(=O)N[C@@H](CO)c2ccc(F)cc2)n(C)n1. The van der Waals surface area contributed by atoms with E-state index in [2.05, 4.69) is 10.4 Å². The van der Waals surface area contributed by atoms with Crippen LogP contribution in [0.15, 0.2) is 30.3 Å². The van der Waals surface area contributed by atoms with Crippen molar-refractivity contribution in [3.8, 4) is 0 Å². The molecule has 2 aromatic rings. The van der Waals surface area contributed by atoms with Gasteiger partial charge in [0.05, 0.1) is 18.3 Å². The van der Waals surface area contributed by atoms with Gasteiger partial charge in [0.25, 0.3) is 5.91 Å². The quantitative estimate of drug-likeness (QED) is 0.889. The molecule has 2 rings (SSSR count). The highest BCUT2D eigenvalue weighted by Crippen LogP contribution is 2.16. The van der Waals surface area contributed by atoms with Crippen LogP contribution in [0.25, 0.3) is 0 Å². The first-order valence-corrected chi connectivity index (χ1v) is 7.13. The van der Waals surface area contributed by atoms with Crippen molar-refractivity contribution in [3.63, 3.8) is 0 Å². The molecule has 1 amide bonds. The van der Waals surface area contributed by atoms with E-state index in [1.54, 1.807) is 25.2 Å². The van der Waals surface area contributed by atoms with Gasteiger partial charge in [-0.05, 0) is 29.7 Å². The molecule has 0 saturated carbocycles. The van der Waals surface area contributed by atoms with Crippen LogP contribution in [-0.2, 0) is 7.05 Å². The van der Waals surface area contributed by atoms with Gasteiger partial charge < -0.3 is 10.4 Å². The summed E-state index contributed by atoms with van der Waals surface area (Å²) in [6.07, 6.45) is 0. The molecule has 1 heterocycles. The maximum atomic E-state index is 13.0. The van der Waals surface area contributed by atoms with Gasteiger partial charge in [-0.15, -0.1) is 0 Å². The highest BCUT2D eigenvalue weighted by atomic mass is 19.1. The van der Waals surface area contributed by atoms with Crippen molar-refractivity contribution in [2.24, 2.45) is 7.05 Å². The molecule has 1 atom stereocenters. The fourth-order valence-electron chi connectivity index (χ4n) is 2.15. The number of carbonyl (C=O) groups is 1. The number of carbonyl (C=O) groups excluding carboxylic acids is 1. The predicted octanol–water partition coefficient (Wildman–Crippen LogP) is 2.15. The minimum atomic E-state index is -0.592. The average Bonchev–Trinajstić information content (AvgIpc) is 2.88. The third kappa shape index (κ3) is 3.51. The zero-order chi connectivity index (χ0) is 16.3. The first kappa shape index (κ1) is 16.2. The van der Waals surface area contributed by atoms with Gasteiger partial charge in [-0.3, -0.25) is 9.48 Å². The van der Waals surface area contributed by atoms with Crippen molar-refractivity contribution < 1.29 is 14.3 Å². The Morgan fingerprint density at radius 2 is 2.00 bits per heavy atom. The lowest BCUT2D eigenvalue weighted by Crippen LogP contribution is -2.32. The van der Waals surface area contributed by atoms with E-state index in [-0.39, 0.29) is 24.2 Å². The van der Waals surface area contributed by atoms with Crippen molar-refractivity contribution in [1.29, 1.82) is 0 Å². The van der Waals surface area contributed by atoms with E-state index in [4.69, 9.17) is 0 Å². The second-order valence-electron chi connectivity index (χ2n) is 5.49. The van der Waals surface area contributed by atoms with E-state index in [1.807, 2.05) is 13.8 Å². The molecule has 0 fully saturated rings. The Labute approximate surface area is 128 Å². The van der Waals surface area contributed by atoms with Crippen LogP contribution in [0.5, 0.6) is 0 Å². The van der Waals surface area contributed by atoms with Crippen molar-refractivity contribution in [2.75, 3.05) is 6.61 Å². The minimum Gasteiger partial charge on any atom is -0.394 e. The number of aryl methyl sites for hydroxylation is 1. The van der Waals surface area contributed by atoms with E-state index in [1.165, 1.54) is 16.8 Å². The number of halogens is 1. The number of nitrogens with zero attached hydrogens (tertiary/aromatic N) is 2. The number of aliphatic hydroxyl groups is 1. The van der Waals surface area contributed by atoms with Gasteiger partial charge in [0, 0.05) is 7.05 Å². The molecule has 1 aromatic heterocycles. The minimum absolute atomic E-state index is 0.221. The normalized spacial score (nSPS) is 12.5. The number of hydrogen-bond acceptors (Lipinski definition) is 3. The summed E-state index contributed by atoms with van der Waals surface area (Å²) in [7, 11) is 1.70. The Hall–Kier alpha value is -2.21. The zero-order valence-corrected chi connectivity index (χ0v) is 12.9. The number of amides is 1. The molecular weight excluding hydrogens is 285 g/mol. The molecule has 0 aliphatic carbocycles. The second-order valence-corrected chi connectivity index (χ2v) is 5.49. The Morgan fingerprint density at radius 1 is 1.36 bits per heavy atom. The van der Waals surface area contributed by atoms with Crippen LogP contribution in [-0.4, -0.2) is 27.4 Å². The van der Waals surface area contributed by atoms with Gasteiger partial charge in [-0.25, -0.2) is 4.39 Å². The summed E-state index contributed by atoms with van der Waals surface area (Å²) in [5.74, 6) is -0.469. The molecule has 0 saturated heterocycles. The van der Waals surface area contributed by atoms with E-state index in [9.17, 15) is 14.3 Å². The largest absolute Gasteiger partial charge is 0.394 e. The first-order valence-electron chi connectivity index (χ1n) is 7.13. The van der Waals surface area contributed by atoms with E-state index < -0.39 is 6.04 Å². The molecule has 0 bridgehead atoms. The number of benzene rings is 1. The molecule has 1 aromatic carbocycles. The van der Waals surface area contributed by atoms with E-state index in [0.29, 0.717) is 11.3 Å². The number of rotatable bonds is 5. The van der Waals surface area contributed by atoms with Gasteiger partial charge in [-0.1, -0.05) is 26.0 Å². The van der Waals surface area contributed by atoms with Gasteiger partial charge in [-0.2, -0.15) is 5.10 Å². The molecule has 0 aliphatic rings. The summed E-state index contributed by atoms with van der Waals surface area (Å²) in [5, 5.41) is 16.5. The smallest absolute Gasteiger partial charge is 0.270 e. The van der Waals surface area contributed by atoms with E-state index >= 15 is 0 Å². The van der Waals surface area contributed by atoms with E-state index in [0.717, 1.165) is 5.69 Å². The van der Waals surface area contributed by atoms with Gasteiger partial charge in [0.15, 0.2) is 0 Å². The van der Waals surface area contributed by atoms with Gasteiger partial charge in [0.2, 0.25) is 0 Å². The second kappa shape index (κ2) is 6.70. The third-order valence-electron chi connectivity index (χ3n) is 3.48. The fraction of sp³-hybridized carbons (Fsp3) is 0.375. The highest BCUT2D eigenvalue weighted by Gasteiger charge is 2.19.